The van der Waals surface area contributed by atoms with Crippen molar-refractivity contribution in [2.45, 2.75) is 38.8 Å². The fourth-order valence-corrected chi connectivity index (χ4v) is 3.01. The molecule has 2 rings (SSSR count). The molecule has 2 heterocycles. The number of hydrogen-bond acceptors (Lipinski definition) is 4. The SMILES string of the molecule is CCN1CCC(N(C)C(CN)c2ccc(C)o2)CC1. The summed E-state index contributed by atoms with van der Waals surface area (Å²) in [7, 11) is 2.18. The van der Waals surface area contributed by atoms with E-state index in [9.17, 15) is 0 Å². The molecule has 1 aliphatic heterocycles. The van der Waals surface area contributed by atoms with Crippen molar-refractivity contribution < 1.29 is 4.42 Å². The average molecular weight is 265 g/mol. The van der Waals surface area contributed by atoms with E-state index < -0.39 is 0 Å². The first-order valence-electron chi connectivity index (χ1n) is 7.36. The van der Waals surface area contributed by atoms with Gasteiger partial charge >= 0.3 is 0 Å². The maximum atomic E-state index is 5.96. The van der Waals surface area contributed by atoms with Gasteiger partial charge in [0.15, 0.2) is 0 Å². The van der Waals surface area contributed by atoms with Crippen molar-refractivity contribution in [1.82, 2.24) is 9.80 Å². The van der Waals surface area contributed by atoms with Crippen LogP contribution in [0.4, 0.5) is 0 Å². The summed E-state index contributed by atoms with van der Waals surface area (Å²) in [5.74, 6) is 1.96. The molecular formula is C15H27N3O. The molecule has 0 aliphatic carbocycles. The summed E-state index contributed by atoms with van der Waals surface area (Å²) in [6, 6.07) is 4.89. The van der Waals surface area contributed by atoms with Crippen LogP contribution in [0.1, 0.15) is 37.3 Å². The van der Waals surface area contributed by atoms with E-state index in [1.54, 1.807) is 0 Å². The summed E-state index contributed by atoms with van der Waals surface area (Å²) < 4.78 is 5.76. The predicted molar refractivity (Wildman–Crippen MR) is 78.1 cm³/mol. The molecule has 0 bridgehead atoms. The number of likely N-dealkylation sites (tertiary alicyclic amines) is 1. The number of furan rings is 1. The van der Waals surface area contributed by atoms with Gasteiger partial charge in [0.1, 0.15) is 11.5 Å². The van der Waals surface area contributed by atoms with Gasteiger partial charge in [0, 0.05) is 12.6 Å². The molecule has 4 nitrogen and oxygen atoms in total. The molecule has 1 aromatic heterocycles. The van der Waals surface area contributed by atoms with Crippen LogP contribution in [0.5, 0.6) is 0 Å². The number of nitrogens with zero attached hydrogens (tertiary/aromatic N) is 2. The molecule has 1 fully saturated rings. The molecule has 0 aromatic carbocycles. The van der Waals surface area contributed by atoms with Gasteiger partial charge in [0.2, 0.25) is 0 Å². The molecule has 1 saturated heterocycles. The van der Waals surface area contributed by atoms with Gasteiger partial charge in [-0.05, 0) is 58.6 Å². The highest BCUT2D eigenvalue weighted by molar-refractivity contribution is 5.10. The van der Waals surface area contributed by atoms with Crippen LogP contribution >= 0.6 is 0 Å². The lowest BCUT2D eigenvalue weighted by Crippen LogP contribution is -2.45. The van der Waals surface area contributed by atoms with Gasteiger partial charge in [-0.3, -0.25) is 4.90 Å². The monoisotopic (exact) mass is 265 g/mol. The van der Waals surface area contributed by atoms with E-state index in [1.165, 1.54) is 25.9 Å². The second kappa shape index (κ2) is 6.55. The van der Waals surface area contributed by atoms with Crippen LogP contribution < -0.4 is 5.73 Å². The number of likely N-dealkylation sites (N-methyl/N-ethyl adjacent to an activating group) is 1. The quantitative estimate of drug-likeness (QED) is 0.884. The number of rotatable bonds is 5. The van der Waals surface area contributed by atoms with Crippen LogP contribution in [0.15, 0.2) is 16.5 Å². The molecule has 0 saturated carbocycles. The summed E-state index contributed by atoms with van der Waals surface area (Å²) in [4.78, 5) is 4.92. The van der Waals surface area contributed by atoms with Crippen molar-refractivity contribution in [2.24, 2.45) is 5.73 Å². The molecule has 2 N–H and O–H groups in total. The van der Waals surface area contributed by atoms with E-state index in [0.29, 0.717) is 12.6 Å². The van der Waals surface area contributed by atoms with Gasteiger partial charge in [0.25, 0.3) is 0 Å². The maximum absolute atomic E-state index is 5.96. The molecule has 1 atom stereocenters. The Bertz CT molecular complexity index is 382. The van der Waals surface area contributed by atoms with Gasteiger partial charge < -0.3 is 15.1 Å². The summed E-state index contributed by atoms with van der Waals surface area (Å²) >= 11 is 0. The second-order valence-electron chi connectivity index (χ2n) is 5.53. The van der Waals surface area contributed by atoms with E-state index in [4.69, 9.17) is 10.2 Å². The van der Waals surface area contributed by atoms with E-state index in [1.807, 2.05) is 13.0 Å². The highest BCUT2D eigenvalue weighted by Gasteiger charge is 2.28. The Balaban J connectivity index is 1.99. The van der Waals surface area contributed by atoms with Crippen LogP contribution in [-0.4, -0.2) is 49.1 Å². The van der Waals surface area contributed by atoms with Crippen molar-refractivity contribution in [2.75, 3.05) is 33.2 Å². The first-order valence-corrected chi connectivity index (χ1v) is 7.36. The van der Waals surface area contributed by atoms with Gasteiger partial charge in [-0.15, -0.1) is 0 Å². The second-order valence-corrected chi connectivity index (χ2v) is 5.53. The Hall–Kier alpha value is -0.840. The summed E-state index contributed by atoms with van der Waals surface area (Å²) in [6.07, 6.45) is 2.45. The van der Waals surface area contributed by atoms with Crippen molar-refractivity contribution >= 4 is 0 Å². The summed E-state index contributed by atoms with van der Waals surface area (Å²) in [5, 5.41) is 0. The lowest BCUT2D eigenvalue weighted by molar-refractivity contribution is 0.0918. The Morgan fingerprint density at radius 2 is 2.11 bits per heavy atom. The van der Waals surface area contributed by atoms with Gasteiger partial charge in [-0.25, -0.2) is 0 Å². The Morgan fingerprint density at radius 1 is 1.42 bits per heavy atom. The van der Waals surface area contributed by atoms with Crippen LogP contribution in [0, 0.1) is 6.92 Å². The van der Waals surface area contributed by atoms with Crippen LogP contribution in [-0.2, 0) is 0 Å². The topological polar surface area (TPSA) is 45.6 Å². The minimum Gasteiger partial charge on any atom is -0.465 e. The molecule has 0 radical (unpaired) electrons. The number of nitrogens with two attached hydrogens (primary N) is 1. The maximum Gasteiger partial charge on any atom is 0.122 e. The third-order valence-corrected chi connectivity index (χ3v) is 4.38. The largest absolute Gasteiger partial charge is 0.465 e. The number of hydrogen-bond donors (Lipinski definition) is 1. The zero-order valence-electron chi connectivity index (χ0n) is 12.4. The molecule has 108 valence electrons. The molecule has 0 spiro atoms. The molecule has 1 unspecified atom stereocenters. The van der Waals surface area contributed by atoms with Crippen LogP contribution in [0.3, 0.4) is 0 Å². The number of piperidine rings is 1. The lowest BCUT2D eigenvalue weighted by Gasteiger charge is -2.39. The predicted octanol–water partition coefficient (Wildman–Crippen LogP) is 2.00. The van der Waals surface area contributed by atoms with Gasteiger partial charge in [0.05, 0.1) is 6.04 Å². The zero-order valence-corrected chi connectivity index (χ0v) is 12.4. The lowest BCUT2D eigenvalue weighted by atomic mass is 10.0. The van der Waals surface area contributed by atoms with E-state index in [0.717, 1.165) is 18.1 Å². The summed E-state index contributed by atoms with van der Waals surface area (Å²) in [6.45, 7) is 8.38. The Morgan fingerprint density at radius 3 is 2.58 bits per heavy atom. The van der Waals surface area contributed by atoms with E-state index in [-0.39, 0.29) is 6.04 Å². The minimum absolute atomic E-state index is 0.201. The normalized spacial score (nSPS) is 20.1. The summed E-state index contributed by atoms with van der Waals surface area (Å²) in [5.41, 5.74) is 5.96. The number of aryl methyl sites for hydroxylation is 1. The van der Waals surface area contributed by atoms with Crippen molar-refractivity contribution in [3.05, 3.63) is 23.7 Å². The highest BCUT2D eigenvalue weighted by Crippen LogP contribution is 2.26. The standard InChI is InChI=1S/C15H27N3O/c1-4-18-9-7-13(8-10-18)17(3)14(11-16)15-6-5-12(2)19-15/h5-6,13-14H,4,7-11,16H2,1-3H3. The third kappa shape index (κ3) is 3.38. The molecule has 1 aliphatic rings. The molecule has 19 heavy (non-hydrogen) atoms. The van der Waals surface area contributed by atoms with Crippen molar-refractivity contribution in [3.63, 3.8) is 0 Å². The zero-order chi connectivity index (χ0) is 13.8. The molecule has 1 aromatic rings. The third-order valence-electron chi connectivity index (χ3n) is 4.38. The average Bonchev–Trinajstić information content (AvgIpc) is 2.86. The molecule has 0 amide bonds. The Kier molecular flexibility index (Phi) is 5.02. The Labute approximate surface area is 116 Å². The highest BCUT2D eigenvalue weighted by atomic mass is 16.3. The van der Waals surface area contributed by atoms with Crippen LogP contribution in [0.25, 0.3) is 0 Å². The van der Waals surface area contributed by atoms with Gasteiger partial charge in [-0.1, -0.05) is 6.92 Å². The molecule has 4 heteroatoms. The van der Waals surface area contributed by atoms with Gasteiger partial charge in [-0.2, -0.15) is 0 Å². The first kappa shape index (κ1) is 14.6. The van der Waals surface area contributed by atoms with Crippen molar-refractivity contribution in [3.8, 4) is 0 Å². The molecular weight excluding hydrogens is 238 g/mol. The van der Waals surface area contributed by atoms with Crippen LogP contribution in [0.2, 0.25) is 0 Å². The fourth-order valence-electron chi connectivity index (χ4n) is 3.01. The minimum atomic E-state index is 0.201. The fraction of sp³-hybridized carbons (Fsp3) is 0.733. The van der Waals surface area contributed by atoms with Crippen molar-refractivity contribution in [1.29, 1.82) is 0 Å². The smallest absolute Gasteiger partial charge is 0.122 e. The van der Waals surface area contributed by atoms with E-state index in [2.05, 4.69) is 29.8 Å². The van der Waals surface area contributed by atoms with E-state index >= 15 is 0 Å². The first-order chi connectivity index (χ1) is 9.15.